The molecule has 0 aliphatic heterocycles. The fourth-order valence-electron chi connectivity index (χ4n) is 4.26. The van der Waals surface area contributed by atoms with Crippen LogP contribution in [-0.4, -0.2) is 0 Å². The normalized spacial score (nSPS) is 41.4. The highest BCUT2D eigenvalue weighted by Crippen LogP contribution is 2.57. The molecule has 3 atom stereocenters. The van der Waals surface area contributed by atoms with Crippen LogP contribution in [0.3, 0.4) is 0 Å². The molecule has 82 valence electrons. The first-order chi connectivity index (χ1) is 6.54. The molecule has 0 aromatic carbocycles. The van der Waals surface area contributed by atoms with Crippen LogP contribution in [0, 0.1) is 29.1 Å². The Hall–Kier alpha value is 0. The predicted octanol–water partition coefficient (Wildman–Crippen LogP) is 4.49. The second-order valence-corrected chi connectivity index (χ2v) is 6.49. The summed E-state index contributed by atoms with van der Waals surface area (Å²) in [5.74, 6) is 3.94. The van der Waals surface area contributed by atoms with Gasteiger partial charge < -0.3 is 0 Å². The summed E-state index contributed by atoms with van der Waals surface area (Å²) in [6, 6.07) is 0. The average molecular weight is 194 g/mol. The fraction of sp³-hybridized carbons (Fsp3) is 1.00. The molecule has 0 aromatic rings. The molecular weight excluding hydrogens is 168 g/mol. The Kier molecular flexibility index (Phi) is 2.66. The highest BCUT2D eigenvalue weighted by atomic mass is 14.5. The van der Waals surface area contributed by atoms with Gasteiger partial charge in [0.2, 0.25) is 0 Å². The van der Waals surface area contributed by atoms with Crippen LogP contribution in [0.15, 0.2) is 0 Å². The predicted molar refractivity (Wildman–Crippen MR) is 62.2 cm³/mol. The van der Waals surface area contributed by atoms with E-state index in [0.717, 1.165) is 29.1 Å². The van der Waals surface area contributed by atoms with Crippen molar-refractivity contribution in [2.45, 2.75) is 59.8 Å². The van der Waals surface area contributed by atoms with E-state index in [-0.39, 0.29) is 0 Å². The molecule has 0 saturated heterocycles. The first kappa shape index (κ1) is 10.5. The molecule has 2 rings (SSSR count). The Labute approximate surface area is 89.5 Å². The van der Waals surface area contributed by atoms with Gasteiger partial charge in [-0.15, -0.1) is 0 Å². The molecular formula is C14H26. The van der Waals surface area contributed by atoms with Crippen molar-refractivity contribution in [3.63, 3.8) is 0 Å². The van der Waals surface area contributed by atoms with Gasteiger partial charge in [-0.05, 0) is 48.3 Å². The van der Waals surface area contributed by atoms with Crippen LogP contribution in [0.2, 0.25) is 0 Å². The Morgan fingerprint density at radius 3 is 2.21 bits per heavy atom. The summed E-state index contributed by atoms with van der Waals surface area (Å²) in [4.78, 5) is 0. The maximum atomic E-state index is 2.55. The molecule has 2 saturated carbocycles. The molecule has 3 unspecified atom stereocenters. The maximum absolute atomic E-state index is 2.55. The third-order valence-electron chi connectivity index (χ3n) is 5.22. The van der Waals surface area contributed by atoms with Gasteiger partial charge in [0.25, 0.3) is 0 Å². The number of hydrogen-bond donors (Lipinski definition) is 0. The Balaban J connectivity index is 2.11. The Morgan fingerprint density at radius 1 is 1.14 bits per heavy atom. The van der Waals surface area contributed by atoms with Crippen LogP contribution in [-0.2, 0) is 0 Å². The molecule has 0 heterocycles. The van der Waals surface area contributed by atoms with Crippen molar-refractivity contribution in [2.24, 2.45) is 29.1 Å². The lowest BCUT2D eigenvalue weighted by atomic mass is 9.58. The molecule has 14 heavy (non-hydrogen) atoms. The molecule has 0 spiro atoms. The van der Waals surface area contributed by atoms with Gasteiger partial charge >= 0.3 is 0 Å². The summed E-state index contributed by atoms with van der Waals surface area (Å²) < 4.78 is 0. The minimum absolute atomic E-state index is 0.736. The molecule has 0 radical (unpaired) electrons. The van der Waals surface area contributed by atoms with Crippen LogP contribution < -0.4 is 0 Å². The fourth-order valence-corrected chi connectivity index (χ4v) is 4.26. The maximum Gasteiger partial charge on any atom is -0.0295 e. The van der Waals surface area contributed by atoms with Crippen molar-refractivity contribution in [3.05, 3.63) is 0 Å². The van der Waals surface area contributed by atoms with E-state index in [1.54, 1.807) is 0 Å². The molecule has 2 aliphatic carbocycles. The average Bonchev–Trinajstić information content (AvgIpc) is 2.43. The molecule has 0 N–H and O–H groups in total. The van der Waals surface area contributed by atoms with Gasteiger partial charge in [0.05, 0.1) is 0 Å². The van der Waals surface area contributed by atoms with Crippen LogP contribution in [0.4, 0.5) is 0 Å². The van der Waals surface area contributed by atoms with Gasteiger partial charge in [0, 0.05) is 0 Å². The summed E-state index contributed by atoms with van der Waals surface area (Å²) in [6.45, 7) is 9.89. The van der Waals surface area contributed by atoms with Crippen molar-refractivity contribution >= 4 is 0 Å². The topological polar surface area (TPSA) is 0 Å². The minimum Gasteiger partial charge on any atom is -0.0625 e. The van der Waals surface area contributed by atoms with Crippen LogP contribution in [0.25, 0.3) is 0 Å². The van der Waals surface area contributed by atoms with Gasteiger partial charge in [-0.3, -0.25) is 0 Å². The van der Waals surface area contributed by atoms with Crippen LogP contribution in [0.1, 0.15) is 59.8 Å². The largest absolute Gasteiger partial charge is 0.0625 e. The third kappa shape index (κ3) is 1.51. The van der Waals surface area contributed by atoms with E-state index in [1.807, 2.05) is 0 Å². The van der Waals surface area contributed by atoms with Crippen molar-refractivity contribution in [1.82, 2.24) is 0 Å². The molecule has 2 aliphatic rings. The molecule has 0 amide bonds. The summed E-state index contributed by atoms with van der Waals surface area (Å²) >= 11 is 0. The molecule has 2 fully saturated rings. The van der Waals surface area contributed by atoms with Gasteiger partial charge in [-0.2, -0.15) is 0 Å². The summed E-state index contributed by atoms with van der Waals surface area (Å²) in [5, 5.41) is 0. The Morgan fingerprint density at radius 2 is 1.79 bits per heavy atom. The van der Waals surface area contributed by atoms with Gasteiger partial charge in [-0.25, -0.2) is 0 Å². The monoisotopic (exact) mass is 194 g/mol. The van der Waals surface area contributed by atoms with E-state index in [0.29, 0.717) is 0 Å². The summed E-state index contributed by atoms with van der Waals surface area (Å²) in [5.41, 5.74) is 0.736. The SMILES string of the molecule is CC(C)C1C(C)CCC1C1(C)CCC1. The zero-order valence-electron chi connectivity index (χ0n) is 10.3. The number of rotatable bonds is 2. The van der Waals surface area contributed by atoms with Crippen molar-refractivity contribution < 1.29 is 0 Å². The zero-order valence-corrected chi connectivity index (χ0v) is 10.3. The van der Waals surface area contributed by atoms with E-state index >= 15 is 0 Å². The van der Waals surface area contributed by atoms with E-state index < -0.39 is 0 Å². The molecule has 0 nitrogen and oxygen atoms in total. The highest BCUT2D eigenvalue weighted by molar-refractivity contribution is 4.97. The summed E-state index contributed by atoms with van der Waals surface area (Å²) in [7, 11) is 0. The van der Waals surface area contributed by atoms with Crippen molar-refractivity contribution in [2.75, 3.05) is 0 Å². The first-order valence-corrected chi connectivity index (χ1v) is 6.54. The molecule has 0 bridgehead atoms. The molecule has 0 aromatic heterocycles. The van der Waals surface area contributed by atoms with Crippen molar-refractivity contribution in [3.8, 4) is 0 Å². The standard InChI is InChI=1S/C14H26/c1-10(2)13-11(3)6-7-12(13)14(4)8-5-9-14/h10-13H,5-9H2,1-4H3. The van der Waals surface area contributed by atoms with Crippen LogP contribution >= 0.6 is 0 Å². The first-order valence-electron chi connectivity index (χ1n) is 6.54. The van der Waals surface area contributed by atoms with E-state index in [9.17, 15) is 0 Å². The van der Waals surface area contributed by atoms with E-state index in [1.165, 1.54) is 32.1 Å². The second-order valence-electron chi connectivity index (χ2n) is 6.49. The highest BCUT2D eigenvalue weighted by Gasteiger charge is 2.48. The number of hydrogen-bond acceptors (Lipinski definition) is 0. The quantitative estimate of drug-likeness (QED) is 0.607. The lowest BCUT2D eigenvalue weighted by Crippen LogP contribution is -2.38. The molecule has 0 heteroatoms. The lowest BCUT2D eigenvalue weighted by Gasteiger charge is -2.47. The zero-order chi connectivity index (χ0) is 10.3. The summed E-state index contributed by atoms with van der Waals surface area (Å²) in [6.07, 6.45) is 7.51. The Bertz CT molecular complexity index is 200. The van der Waals surface area contributed by atoms with E-state index in [4.69, 9.17) is 0 Å². The lowest BCUT2D eigenvalue weighted by molar-refractivity contribution is 0.0241. The van der Waals surface area contributed by atoms with E-state index in [2.05, 4.69) is 27.7 Å². The van der Waals surface area contributed by atoms with Crippen molar-refractivity contribution in [1.29, 1.82) is 0 Å². The third-order valence-corrected chi connectivity index (χ3v) is 5.22. The van der Waals surface area contributed by atoms with Gasteiger partial charge in [0.1, 0.15) is 0 Å². The minimum atomic E-state index is 0.736. The van der Waals surface area contributed by atoms with Gasteiger partial charge in [0.15, 0.2) is 0 Å². The second kappa shape index (κ2) is 3.54. The van der Waals surface area contributed by atoms with Crippen LogP contribution in [0.5, 0.6) is 0 Å². The van der Waals surface area contributed by atoms with Gasteiger partial charge in [-0.1, -0.05) is 40.5 Å². The smallest absolute Gasteiger partial charge is 0.0295 e.